The van der Waals surface area contributed by atoms with E-state index in [4.69, 9.17) is 23.2 Å². The van der Waals surface area contributed by atoms with Gasteiger partial charge >= 0.3 is 0 Å². The molecule has 0 bridgehead atoms. The Kier molecular flexibility index (Phi) is 7.31. The number of nitrogens with zero attached hydrogens (tertiary/aromatic N) is 3. The molecule has 2 rings (SSSR count). The first-order chi connectivity index (χ1) is 11.1. The molecule has 1 heterocycles. The topological polar surface area (TPSA) is 19.4 Å². The molecule has 0 aliphatic carbocycles. The lowest BCUT2D eigenvalue weighted by molar-refractivity contribution is 0.237. The van der Waals surface area contributed by atoms with Gasteiger partial charge in [-0.3, -0.25) is 9.88 Å². The quantitative estimate of drug-likeness (QED) is 0.704. The van der Waals surface area contributed by atoms with Crippen molar-refractivity contribution in [3.63, 3.8) is 0 Å². The standard InChI is InChI=1S/C18H23Cl2N3/c1-22(2)11-6-12-23(13-15-7-3-4-10-21-15)14-16-17(19)8-5-9-18(16)20/h3-5,7-10H,6,11-14H2,1-2H3. The van der Waals surface area contributed by atoms with Crippen LogP contribution in [0.3, 0.4) is 0 Å². The lowest BCUT2D eigenvalue weighted by Crippen LogP contribution is -2.27. The third-order valence-corrected chi connectivity index (χ3v) is 4.34. The number of pyridine rings is 1. The summed E-state index contributed by atoms with van der Waals surface area (Å²) in [6, 6.07) is 11.7. The van der Waals surface area contributed by atoms with Crippen molar-refractivity contribution in [2.24, 2.45) is 0 Å². The molecule has 5 heteroatoms. The molecule has 0 unspecified atom stereocenters. The monoisotopic (exact) mass is 351 g/mol. The van der Waals surface area contributed by atoms with Gasteiger partial charge in [-0.2, -0.15) is 0 Å². The van der Waals surface area contributed by atoms with E-state index in [2.05, 4.69) is 28.9 Å². The Bertz CT molecular complexity index is 582. The molecule has 0 saturated carbocycles. The first kappa shape index (κ1) is 18.2. The minimum absolute atomic E-state index is 0.719. The Morgan fingerprint density at radius 3 is 2.26 bits per heavy atom. The van der Waals surface area contributed by atoms with Crippen LogP contribution < -0.4 is 0 Å². The van der Waals surface area contributed by atoms with Gasteiger partial charge < -0.3 is 4.90 Å². The molecule has 1 aromatic carbocycles. The summed E-state index contributed by atoms with van der Waals surface area (Å²) in [6.07, 6.45) is 2.91. The number of halogens is 2. The summed E-state index contributed by atoms with van der Waals surface area (Å²) >= 11 is 12.7. The highest BCUT2D eigenvalue weighted by Crippen LogP contribution is 2.26. The van der Waals surface area contributed by atoms with Crippen LogP contribution in [0, 0.1) is 0 Å². The van der Waals surface area contributed by atoms with Gasteiger partial charge in [0.25, 0.3) is 0 Å². The zero-order valence-corrected chi connectivity index (χ0v) is 15.2. The molecule has 0 aliphatic heterocycles. The Morgan fingerprint density at radius 2 is 1.65 bits per heavy atom. The fourth-order valence-electron chi connectivity index (χ4n) is 2.45. The van der Waals surface area contributed by atoms with E-state index in [1.807, 2.05) is 42.6 Å². The second-order valence-corrected chi connectivity index (χ2v) is 6.70. The summed E-state index contributed by atoms with van der Waals surface area (Å²) in [6.45, 7) is 3.53. The lowest BCUT2D eigenvalue weighted by atomic mass is 10.2. The normalized spacial score (nSPS) is 11.4. The van der Waals surface area contributed by atoms with Crippen LogP contribution in [0.25, 0.3) is 0 Å². The number of aromatic nitrogens is 1. The molecule has 0 aliphatic rings. The molecule has 0 spiro atoms. The van der Waals surface area contributed by atoms with E-state index in [-0.39, 0.29) is 0 Å². The first-order valence-corrected chi connectivity index (χ1v) is 8.51. The van der Waals surface area contributed by atoms with Crippen LogP contribution >= 0.6 is 23.2 Å². The SMILES string of the molecule is CN(C)CCCN(Cc1ccccn1)Cc1c(Cl)cccc1Cl. The van der Waals surface area contributed by atoms with E-state index < -0.39 is 0 Å². The van der Waals surface area contributed by atoms with Crippen molar-refractivity contribution in [3.05, 3.63) is 63.9 Å². The van der Waals surface area contributed by atoms with Gasteiger partial charge in [-0.05, 0) is 51.3 Å². The molecule has 0 saturated heterocycles. The van der Waals surface area contributed by atoms with E-state index >= 15 is 0 Å². The maximum atomic E-state index is 6.33. The Hall–Kier alpha value is -1.13. The van der Waals surface area contributed by atoms with Gasteiger partial charge in [0.2, 0.25) is 0 Å². The van der Waals surface area contributed by atoms with Gasteiger partial charge in [0, 0.05) is 41.4 Å². The maximum absolute atomic E-state index is 6.33. The summed E-state index contributed by atoms with van der Waals surface area (Å²) in [4.78, 5) is 8.97. The van der Waals surface area contributed by atoms with Gasteiger partial charge in [-0.15, -0.1) is 0 Å². The van der Waals surface area contributed by atoms with E-state index in [1.54, 1.807) is 0 Å². The van der Waals surface area contributed by atoms with Crippen LogP contribution in [0.4, 0.5) is 0 Å². The summed E-state index contributed by atoms with van der Waals surface area (Å²) in [5.74, 6) is 0. The molecule has 0 fully saturated rings. The maximum Gasteiger partial charge on any atom is 0.0544 e. The highest BCUT2D eigenvalue weighted by Gasteiger charge is 2.13. The van der Waals surface area contributed by atoms with Gasteiger partial charge in [0.05, 0.1) is 5.69 Å². The van der Waals surface area contributed by atoms with Crippen LogP contribution in [-0.4, -0.2) is 42.0 Å². The molecule has 23 heavy (non-hydrogen) atoms. The minimum Gasteiger partial charge on any atom is -0.309 e. The highest BCUT2D eigenvalue weighted by molar-refractivity contribution is 6.35. The van der Waals surface area contributed by atoms with Crippen LogP contribution in [-0.2, 0) is 13.1 Å². The molecule has 0 N–H and O–H groups in total. The predicted molar refractivity (Wildman–Crippen MR) is 98.0 cm³/mol. The zero-order chi connectivity index (χ0) is 16.7. The largest absolute Gasteiger partial charge is 0.309 e. The summed E-state index contributed by atoms with van der Waals surface area (Å²) in [5.41, 5.74) is 2.04. The smallest absolute Gasteiger partial charge is 0.0544 e. The van der Waals surface area contributed by atoms with Crippen LogP contribution in [0.15, 0.2) is 42.6 Å². The molecule has 0 amide bonds. The fraction of sp³-hybridized carbons (Fsp3) is 0.389. The van der Waals surface area contributed by atoms with Gasteiger partial charge in [0.15, 0.2) is 0 Å². The highest BCUT2D eigenvalue weighted by atomic mass is 35.5. The molecular formula is C18H23Cl2N3. The third-order valence-electron chi connectivity index (χ3n) is 3.63. The van der Waals surface area contributed by atoms with Crippen molar-refractivity contribution in [2.45, 2.75) is 19.5 Å². The molecule has 1 aromatic heterocycles. The van der Waals surface area contributed by atoms with Gasteiger partial charge in [-0.25, -0.2) is 0 Å². The van der Waals surface area contributed by atoms with Crippen molar-refractivity contribution < 1.29 is 0 Å². The van der Waals surface area contributed by atoms with E-state index in [9.17, 15) is 0 Å². The fourth-order valence-corrected chi connectivity index (χ4v) is 2.97. The average Bonchev–Trinajstić information content (AvgIpc) is 2.51. The number of rotatable bonds is 8. The summed E-state index contributed by atoms with van der Waals surface area (Å²) < 4.78 is 0. The molecule has 0 atom stereocenters. The minimum atomic E-state index is 0.719. The Labute approximate surface area is 148 Å². The second-order valence-electron chi connectivity index (χ2n) is 5.89. The second kappa shape index (κ2) is 9.24. The summed E-state index contributed by atoms with van der Waals surface area (Å²) in [5, 5.41) is 1.44. The van der Waals surface area contributed by atoms with Crippen LogP contribution in [0.2, 0.25) is 10.0 Å². The van der Waals surface area contributed by atoms with Crippen LogP contribution in [0.5, 0.6) is 0 Å². The molecule has 2 aromatic rings. The molecule has 124 valence electrons. The third kappa shape index (κ3) is 6.11. The van der Waals surface area contributed by atoms with Gasteiger partial charge in [0.1, 0.15) is 0 Å². The predicted octanol–water partition coefficient (Wildman–Crippen LogP) is 4.34. The van der Waals surface area contributed by atoms with Crippen molar-refractivity contribution in [1.82, 2.24) is 14.8 Å². The first-order valence-electron chi connectivity index (χ1n) is 7.76. The van der Waals surface area contributed by atoms with Crippen molar-refractivity contribution >= 4 is 23.2 Å². The van der Waals surface area contributed by atoms with Crippen molar-refractivity contribution in [1.29, 1.82) is 0 Å². The Balaban J connectivity index is 2.09. The number of hydrogen-bond acceptors (Lipinski definition) is 3. The molecule has 3 nitrogen and oxygen atoms in total. The molecular weight excluding hydrogens is 329 g/mol. The Morgan fingerprint density at radius 1 is 0.913 bits per heavy atom. The van der Waals surface area contributed by atoms with Gasteiger partial charge in [-0.1, -0.05) is 35.3 Å². The number of hydrogen-bond donors (Lipinski definition) is 0. The molecule has 0 radical (unpaired) electrons. The van der Waals surface area contributed by atoms with Crippen molar-refractivity contribution in [3.8, 4) is 0 Å². The van der Waals surface area contributed by atoms with E-state index in [1.165, 1.54) is 0 Å². The number of benzene rings is 1. The van der Waals surface area contributed by atoms with E-state index in [0.29, 0.717) is 0 Å². The summed E-state index contributed by atoms with van der Waals surface area (Å²) in [7, 11) is 4.18. The van der Waals surface area contributed by atoms with E-state index in [0.717, 1.165) is 53.9 Å². The zero-order valence-electron chi connectivity index (χ0n) is 13.7. The van der Waals surface area contributed by atoms with Crippen LogP contribution in [0.1, 0.15) is 17.7 Å². The average molecular weight is 352 g/mol. The lowest BCUT2D eigenvalue weighted by Gasteiger charge is -2.24. The van der Waals surface area contributed by atoms with Crippen molar-refractivity contribution in [2.75, 3.05) is 27.2 Å².